The van der Waals surface area contributed by atoms with Gasteiger partial charge in [-0.05, 0) is 12.1 Å². The van der Waals surface area contributed by atoms with Crippen LogP contribution in [-0.4, -0.2) is 5.16 Å². The second kappa shape index (κ2) is 3.76. The van der Waals surface area contributed by atoms with Crippen molar-refractivity contribution in [3.8, 4) is 0 Å². The Bertz CT molecular complexity index is 284. The first-order chi connectivity index (χ1) is 5.47. The van der Waals surface area contributed by atoms with Crippen molar-refractivity contribution in [2.24, 2.45) is 0 Å². The highest BCUT2D eigenvalue weighted by molar-refractivity contribution is 5.76. The van der Waals surface area contributed by atoms with Gasteiger partial charge in [0, 0.05) is 5.39 Å². The molecule has 0 fully saturated rings. The van der Waals surface area contributed by atoms with Crippen LogP contribution in [-0.2, 0) is 0 Å². The van der Waals surface area contributed by atoms with Crippen molar-refractivity contribution in [1.29, 1.82) is 0 Å². The van der Waals surface area contributed by atoms with Gasteiger partial charge in [0.2, 0.25) is 0 Å². The van der Waals surface area contributed by atoms with Gasteiger partial charge in [0.05, 0.1) is 0 Å². The van der Waals surface area contributed by atoms with E-state index in [-0.39, 0.29) is 0 Å². The van der Waals surface area contributed by atoms with Crippen LogP contribution in [0, 0.1) is 0 Å². The Hall–Kier alpha value is -1.31. The fourth-order valence-electron chi connectivity index (χ4n) is 0.810. The third kappa shape index (κ3) is 1.58. The van der Waals surface area contributed by atoms with Crippen LogP contribution in [0.4, 0.5) is 0 Å². The molecule has 1 aromatic carbocycles. The maximum atomic E-state index is 4.71. The largest absolute Gasteiger partial charge is 0.364 e. The lowest BCUT2D eigenvalue weighted by Crippen LogP contribution is -1.61. The molecule has 0 amide bonds. The Morgan fingerprint density at radius 2 is 1.91 bits per heavy atom. The van der Waals surface area contributed by atoms with E-state index in [1.165, 1.54) is 0 Å². The van der Waals surface area contributed by atoms with Crippen molar-refractivity contribution >= 4 is 10.9 Å². The molecule has 0 saturated heterocycles. The van der Waals surface area contributed by atoms with Gasteiger partial charge in [-0.3, -0.25) is 0 Å². The lowest BCUT2D eigenvalue weighted by Gasteiger charge is -1.78. The van der Waals surface area contributed by atoms with Crippen LogP contribution in [0.25, 0.3) is 10.9 Å². The van der Waals surface area contributed by atoms with Crippen molar-refractivity contribution < 1.29 is 4.52 Å². The molecule has 0 radical (unpaired) electrons. The van der Waals surface area contributed by atoms with Gasteiger partial charge < -0.3 is 4.52 Å². The molecule has 1 heterocycles. The Morgan fingerprint density at radius 1 is 1.18 bits per heavy atom. The predicted molar refractivity (Wildman–Crippen MR) is 45.4 cm³/mol. The van der Waals surface area contributed by atoms with Gasteiger partial charge in [-0.1, -0.05) is 31.1 Å². The molecule has 0 atom stereocenters. The quantitative estimate of drug-likeness (QED) is 0.575. The van der Waals surface area contributed by atoms with Gasteiger partial charge in [-0.15, -0.1) is 0 Å². The third-order valence-electron chi connectivity index (χ3n) is 1.27. The number of fused-ring (bicyclic) bond motifs is 1. The Balaban J connectivity index is 0.000000281. The van der Waals surface area contributed by atoms with E-state index in [1.54, 1.807) is 6.26 Å². The highest BCUT2D eigenvalue weighted by atomic mass is 16.5. The molecule has 0 aliphatic carbocycles. The maximum absolute atomic E-state index is 4.71. The molecule has 2 nitrogen and oxygen atoms in total. The second-order valence-electron chi connectivity index (χ2n) is 1.87. The average Bonchev–Trinajstić information content (AvgIpc) is 2.55. The molecular formula is C9H11NO. The average molecular weight is 149 g/mol. The van der Waals surface area contributed by atoms with Crippen LogP contribution in [0.15, 0.2) is 35.1 Å². The molecule has 2 aromatic rings. The Kier molecular flexibility index (Phi) is 2.66. The van der Waals surface area contributed by atoms with Gasteiger partial charge in [0.1, 0.15) is 11.8 Å². The van der Waals surface area contributed by atoms with Crippen LogP contribution in [0.5, 0.6) is 0 Å². The number of hydrogen-bond donors (Lipinski definition) is 0. The van der Waals surface area contributed by atoms with E-state index in [4.69, 9.17) is 4.52 Å². The second-order valence-corrected chi connectivity index (χ2v) is 1.87. The molecule has 0 saturated carbocycles. The highest BCUT2D eigenvalue weighted by Gasteiger charge is 1.91. The number of aromatic nitrogens is 1. The highest BCUT2D eigenvalue weighted by Crippen LogP contribution is 2.09. The van der Waals surface area contributed by atoms with Crippen LogP contribution in [0.1, 0.15) is 13.8 Å². The van der Waals surface area contributed by atoms with Crippen LogP contribution in [0.3, 0.4) is 0 Å². The topological polar surface area (TPSA) is 26.0 Å². The molecule has 0 aliphatic heterocycles. The summed E-state index contributed by atoms with van der Waals surface area (Å²) < 4.78 is 4.71. The van der Waals surface area contributed by atoms with Crippen LogP contribution >= 0.6 is 0 Å². The molecule has 2 rings (SSSR count). The molecule has 0 N–H and O–H groups in total. The minimum Gasteiger partial charge on any atom is -0.364 e. The van der Waals surface area contributed by atoms with E-state index in [2.05, 4.69) is 5.16 Å². The summed E-state index contributed by atoms with van der Waals surface area (Å²) >= 11 is 0. The van der Waals surface area contributed by atoms with Gasteiger partial charge in [-0.2, -0.15) is 0 Å². The van der Waals surface area contributed by atoms with E-state index in [9.17, 15) is 0 Å². The Morgan fingerprint density at radius 3 is 2.64 bits per heavy atom. The monoisotopic (exact) mass is 149 g/mol. The first kappa shape index (κ1) is 7.79. The van der Waals surface area contributed by atoms with Gasteiger partial charge >= 0.3 is 0 Å². The summed E-state index contributed by atoms with van der Waals surface area (Å²) in [5.41, 5.74) is 0.914. The van der Waals surface area contributed by atoms with Gasteiger partial charge in [-0.25, -0.2) is 0 Å². The standard InChI is InChI=1S/C7H5NO.C2H6/c1-2-4-7-6(3-1)5-9-8-7;1-2/h1-5H;1-2H3. The number of benzene rings is 1. The fourth-order valence-corrected chi connectivity index (χ4v) is 0.810. The van der Waals surface area contributed by atoms with E-state index >= 15 is 0 Å². The molecule has 0 bridgehead atoms. The van der Waals surface area contributed by atoms with Crippen molar-refractivity contribution in [1.82, 2.24) is 5.16 Å². The zero-order valence-electron chi connectivity index (χ0n) is 6.74. The molecule has 2 heteroatoms. The van der Waals surface area contributed by atoms with Crippen molar-refractivity contribution in [2.45, 2.75) is 13.8 Å². The molecule has 58 valence electrons. The lowest BCUT2D eigenvalue weighted by atomic mass is 10.3. The van der Waals surface area contributed by atoms with E-state index in [0.29, 0.717) is 0 Å². The summed E-state index contributed by atoms with van der Waals surface area (Å²) in [6.45, 7) is 4.00. The smallest absolute Gasteiger partial charge is 0.131 e. The molecule has 11 heavy (non-hydrogen) atoms. The van der Waals surface area contributed by atoms with E-state index < -0.39 is 0 Å². The summed E-state index contributed by atoms with van der Waals surface area (Å²) in [6, 6.07) is 7.77. The minimum atomic E-state index is 0.914. The predicted octanol–water partition coefficient (Wildman–Crippen LogP) is 2.85. The van der Waals surface area contributed by atoms with Crippen LogP contribution in [0.2, 0.25) is 0 Å². The number of nitrogens with zero attached hydrogens (tertiary/aromatic N) is 1. The Labute approximate surface area is 65.8 Å². The summed E-state index contributed by atoms with van der Waals surface area (Å²) in [5.74, 6) is 0. The fraction of sp³-hybridized carbons (Fsp3) is 0.222. The summed E-state index contributed by atoms with van der Waals surface area (Å²) in [4.78, 5) is 0. The van der Waals surface area contributed by atoms with Gasteiger partial charge in [0.25, 0.3) is 0 Å². The number of rotatable bonds is 0. The van der Waals surface area contributed by atoms with Gasteiger partial charge in [0.15, 0.2) is 0 Å². The molecule has 0 spiro atoms. The molecular weight excluding hydrogens is 138 g/mol. The zero-order chi connectivity index (χ0) is 8.10. The van der Waals surface area contributed by atoms with E-state index in [0.717, 1.165) is 10.9 Å². The van der Waals surface area contributed by atoms with Crippen molar-refractivity contribution in [3.63, 3.8) is 0 Å². The number of hydrogen-bond acceptors (Lipinski definition) is 2. The minimum absolute atomic E-state index is 0.914. The summed E-state index contributed by atoms with van der Waals surface area (Å²) in [6.07, 6.45) is 1.63. The lowest BCUT2D eigenvalue weighted by molar-refractivity contribution is 0.428. The SMILES string of the molecule is CC.c1ccc2nocc2c1. The molecule has 0 aliphatic rings. The van der Waals surface area contributed by atoms with Crippen LogP contribution < -0.4 is 0 Å². The van der Waals surface area contributed by atoms with Crippen molar-refractivity contribution in [2.75, 3.05) is 0 Å². The molecule has 1 aromatic heterocycles. The third-order valence-corrected chi connectivity index (χ3v) is 1.27. The molecule has 0 unspecified atom stereocenters. The first-order valence-electron chi connectivity index (χ1n) is 3.76. The first-order valence-corrected chi connectivity index (χ1v) is 3.76. The summed E-state index contributed by atoms with van der Waals surface area (Å²) in [5, 5.41) is 4.80. The summed E-state index contributed by atoms with van der Waals surface area (Å²) in [7, 11) is 0. The maximum Gasteiger partial charge on any atom is 0.131 e. The zero-order valence-corrected chi connectivity index (χ0v) is 6.74. The van der Waals surface area contributed by atoms with Crippen molar-refractivity contribution in [3.05, 3.63) is 30.5 Å². The van der Waals surface area contributed by atoms with E-state index in [1.807, 2.05) is 38.1 Å². The normalized spacial score (nSPS) is 8.91.